The molecule has 0 bridgehead atoms. The molecule has 0 fully saturated rings. The van der Waals surface area contributed by atoms with E-state index in [2.05, 4.69) is 10.6 Å². The second kappa shape index (κ2) is 6.33. The molecule has 0 unspecified atom stereocenters. The number of hydrogen-bond acceptors (Lipinski definition) is 2. The number of anilines is 4. The predicted octanol–water partition coefficient (Wildman–Crippen LogP) is 5.83. The lowest BCUT2D eigenvalue weighted by Crippen LogP contribution is -1.93. The molecule has 0 atom stereocenters. The Morgan fingerprint density at radius 3 is 1.71 bits per heavy atom. The first-order valence-corrected chi connectivity index (χ1v) is 7.13. The molecule has 0 amide bonds. The minimum Gasteiger partial charge on any atom is -0.355 e. The summed E-state index contributed by atoms with van der Waals surface area (Å²) in [4.78, 5) is 0. The van der Waals surface area contributed by atoms with Crippen LogP contribution < -0.4 is 10.6 Å². The lowest BCUT2D eigenvalue weighted by atomic mass is 10.2. The van der Waals surface area contributed by atoms with E-state index in [1.165, 1.54) is 0 Å². The average Bonchev–Trinajstić information content (AvgIpc) is 2.52. The number of halogens is 1. The van der Waals surface area contributed by atoms with Crippen LogP contribution >= 0.6 is 11.6 Å². The summed E-state index contributed by atoms with van der Waals surface area (Å²) in [5, 5.41) is 7.31. The van der Waals surface area contributed by atoms with Gasteiger partial charge in [0.1, 0.15) is 0 Å². The molecule has 0 aliphatic carbocycles. The zero-order valence-corrected chi connectivity index (χ0v) is 12.1. The summed E-state index contributed by atoms with van der Waals surface area (Å²) in [7, 11) is 0. The normalized spacial score (nSPS) is 10.1. The summed E-state index contributed by atoms with van der Waals surface area (Å²) < 4.78 is 0. The standard InChI is InChI=1S/C18H15ClN2/c19-17-13-16(20-14-7-3-1-4-8-14)11-12-18(17)21-15-9-5-2-6-10-15/h1-13,20-21H. The number of rotatable bonds is 4. The number of para-hydroxylation sites is 2. The van der Waals surface area contributed by atoms with E-state index in [1.807, 2.05) is 78.9 Å². The SMILES string of the molecule is Clc1cc(Nc2ccccc2)ccc1Nc1ccccc1. The van der Waals surface area contributed by atoms with Gasteiger partial charge in [0.2, 0.25) is 0 Å². The smallest absolute Gasteiger partial charge is 0.0661 e. The van der Waals surface area contributed by atoms with Crippen molar-refractivity contribution in [2.24, 2.45) is 0 Å². The van der Waals surface area contributed by atoms with Crippen molar-refractivity contribution >= 4 is 34.4 Å². The van der Waals surface area contributed by atoms with Crippen LogP contribution in [0.1, 0.15) is 0 Å². The van der Waals surface area contributed by atoms with Crippen molar-refractivity contribution in [2.75, 3.05) is 10.6 Å². The molecule has 0 radical (unpaired) electrons. The lowest BCUT2D eigenvalue weighted by molar-refractivity contribution is 1.52. The van der Waals surface area contributed by atoms with Crippen molar-refractivity contribution in [3.05, 3.63) is 83.9 Å². The largest absolute Gasteiger partial charge is 0.355 e. The third-order valence-electron chi connectivity index (χ3n) is 3.08. The molecule has 3 rings (SSSR count). The molecule has 3 aromatic carbocycles. The van der Waals surface area contributed by atoms with Crippen molar-refractivity contribution in [1.29, 1.82) is 0 Å². The summed E-state index contributed by atoms with van der Waals surface area (Å²) in [6.45, 7) is 0. The molecule has 21 heavy (non-hydrogen) atoms. The van der Waals surface area contributed by atoms with Crippen LogP contribution in [0, 0.1) is 0 Å². The summed E-state index contributed by atoms with van der Waals surface area (Å²) in [5.74, 6) is 0. The molecule has 0 spiro atoms. The van der Waals surface area contributed by atoms with Gasteiger partial charge in [0.25, 0.3) is 0 Å². The molecule has 0 saturated carbocycles. The Hall–Kier alpha value is -2.45. The minimum absolute atomic E-state index is 0.680. The van der Waals surface area contributed by atoms with Gasteiger partial charge in [-0.15, -0.1) is 0 Å². The molecule has 0 heterocycles. The third-order valence-corrected chi connectivity index (χ3v) is 3.40. The van der Waals surface area contributed by atoms with Crippen LogP contribution in [0.3, 0.4) is 0 Å². The Balaban J connectivity index is 1.77. The van der Waals surface area contributed by atoms with Gasteiger partial charge in [0.05, 0.1) is 10.7 Å². The quantitative estimate of drug-likeness (QED) is 0.633. The average molecular weight is 295 g/mol. The van der Waals surface area contributed by atoms with Gasteiger partial charge in [0.15, 0.2) is 0 Å². The molecule has 104 valence electrons. The predicted molar refractivity (Wildman–Crippen MR) is 90.9 cm³/mol. The van der Waals surface area contributed by atoms with Crippen LogP contribution in [0.4, 0.5) is 22.7 Å². The molecule has 0 saturated heterocycles. The van der Waals surface area contributed by atoms with Gasteiger partial charge >= 0.3 is 0 Å². The van der Waals surface area contributed by atoms with Gasteiger partial charge in [-0.1, -0.05) is 48.0 Å². The number of nitrogens with one attached hydrogen (secondary N) is 2. The topological polar surface area (TPSA) is 24.1 Å². The summed E-state index contributed by atoms with van der Waals surface area (Å²) in [6, 6.07) is 25.9. The van der Waals surface area contributed by atoms with Gasteiger partial charge < -0.3 is 10.6 Å². The second-order valence-corrected chi connectivity index (χ2v) is 5.08. The monoisotopic (exact) mass is 294 g/mol. The van der Waals surface area contributed by atoms with E-state index >= 15 is 0 Å². The Morgan fingerprint density at radius 1 is 0.571 bits per heavy atom. The van der Waals surface area contributed by atoms with Crippen LogP contribution in [0.5, 0.6) is 0 Å². The van der Waals surface area contributed by atoms with Crippen LogP contribution in [-0.4, -0.2) is 0 Å². The summed E-state index contributed by atoms with van der Waals surface area (Å²) >= 11 is 6.34. The maximum atomic E-state index is 6.34. The highest BCUT2D eigenvalue weighted by Gasteiger charge is 2.02. The maximum Gasteiger partial charge on any atom is 0.0661 e. The van der Waals surface area contributed by atoms with E-state index in [0.717, 1.165) is 22.7 Å². The fraction of sp³-hybridized carbons (Fsp3) is 0. The molecule has 2 nitrogen and oxygen atoms in total. The van der Waals surface area contributed by atoms with Gasteiger partial charge in [-0.25, -0.2) is 0 Å². The Labute approximate surface area is 129 Å². The highest BCUT2D eigenvalue weighted by Crippen LogP contribution is 2.29. The van der Waals surface area contributed by atoms with E-state index in [4.69, 9.17) is 11.6 Å². The Morgan fingerprint density at radius 2 is 1.14 bits per heavy atom. The van der Waals surface area contributed by atoms with E-state index < -0.39 is 0 Å². The van der Waals surface area contributed by atoms with Crippen LogP contribution in [-0.2, 0) is 0 Å². The van der Waals surface area contributed by atoms with Crippen LogP contribution in [0.2, 0.25) is 5.02 Å². The van der Waals surface area contributed by atoms with E-state index in [0.29, 0.717) is 5.02 Å². The Kier molecular flexibility index (Phi) is 4.08. The van der Waals surface area contributed by atoms with Gasteiger partial charge in [-0.05, 0) is 42.5 Å². The van der Waals surface area contributed by atoms with Gasteiger partial charge in [0, 0.05) is 17.1 Å². The highest BCUT2D eigenvalue weighted by molar-refractivity contribution is 6.33. The fourth-order valence-corrected chi connectivity index (χ4v) is 2.29. The maximum absolute atomic E-state index is 6.34. The molecular weight excluding hydrogens is 280 g/mol. The lowest BCUT2D eigenvalue weighted by Gasteiger charge is -2.11. The molecule has 3 heteroatoms. The first-order valence-electron chi connectivity index (χ1n) is 6.75. The Bertz CT molecular complexity index is 712. The van der Waals surface area contributed by atoms with Crippen molar-refractivity contribution < 1.29 is 0 Å². The van der Waals surface area contributed by atoms with Crippen LogP contribution in [0.15, 0.2) is 78.9 Å². The van der Waals surface area contributed by atoms with Crippen molar-refractivity contribution in [3.63, 3.8) is 0 Å². The molecule has 0 aliphatic rings. The molecule has 2 N–H and O–H groups in total. The number of hydrogen-bond donors (Lipinski definition) is 2. The molecular formula is C18H15ClN2. The van der Waals surface area contributed by atoms with Gasteiger partial charge in [-0.2, -0.15) is 0 Å². The van der Waals surface area contributed by atoms with Crippen molar-refractivity contribution in [3.8, 4) is 0 Å². The summed E-state index contributed by atoms with van der Waals surface area (Å²) in [5.41, 5.74) is 3.91. The highest BCUT2D eigenvalue weighted by atomic mass is 35.5. The van der Waals surface area contributed by atoms with Gasteiger partial charge in [-0.3, -0.25) is 0 Å². The molecule has 0 aromatic heterocycles. The summed E-state index contributed by atoms with van der Waals surface area (Å²) in [6.07, 6.45) is 0. The van der Waals surface area contributed by atoms with Crippen molar-refractivity contribution in [2.45, 2.75) is 0 Å². The first-order chi connectivity index (χ1) is 10.3. The molecule has 3 aromatic rings. The number of benzene rings is 3. The zero-order chi connectivity index (χ0) is 14.5. The third kappa shape index (κ3) is 3.56. The van der Waals surface area contributed by atoms with E-state index in [-0.39, 0.29) is 0 Å². The van der Waals surface area contributed by atoms with Crippen molar-refractivity contribution in [1.82, 2.24) is 0 Å². The van der Waals surface area contributed by atoms with Crippen LogP contribution in [0.25, 0.3) is 0 Å². The van der Waals surface area contributed by atoms with E-state index in [1.54, 1.807) is 0 Å². The fourth-order valence-electron chi connectivity index (χ4n) is 2.06. The first kappa shape index (κ1) is 13.5. The van der Waals surface area contributed by atoms with E-state index in [9.17, 15) is 0 Å². The minimum atomic E-state index is 0.680. The zero-order valence-electron chi connectivity index (χ0n) is 11.4. The second-order valence-electron chi connectivity index (χ2n) is 4.68. The molecule has 0 aliphatic heterocycles.